The number of esters is 1. The Balaban J connectivity index is 1.95. The summed E-state index contributed by atoms with van der Waals surface area (Å²) >= 11 is 2.23. The van der Waals surface area contributed by atoms with Crippen molar-refractivity contribution < 1.29 is 14.3 Å². The molecule has 0 aliphatic rings. The van der Waals surface area contributed by atoms with Gasteiger partial charge in [0.1, 0.15) is 12.4 Å². The van der Waals surface area contributed by atoms with Crippen molar-refractivity contribution in [2.75, 3.05) is 6.61 Å². The van der Waals surface area contributed by atoms with Gasteiger partial charge < -0.3 is 9.47 Å². The molecule has 0 radical (unpaired) electrons. The van der Waals surface area contributed by atoms with Crippen LogP contribution in [0.2, 0.25) is 0 Å². The molecule has 0 saturated carbocycles. The fraction of sp³-hybridized carbons (Fsp3) is 0.136. The van der Waals surface area contributed by atoms with Gasteiger partial charge in [-0.05, 0) is 36.8 Å². The molecule has 144 valence electrons. The van der Waals surface area contributed by atoms with Crippen molar-refractivity contribution in [2.45, 2.75) is 13.5 Å². The van der Waals surface area contributed by atoms with Crippen molar-refractivity contribution in [1.29, 1.82) is 0 Å². The van der Waals surface area contributed by atoms with E-state index >= 15 is 0 Å². The van der Waals surface area contributed by atoms with Gasteiger partial charge in [0.2, 0.25) is 0 Å². The summed E-state index contributed by atoms with van der Waals surface area (Å²) in [6, 6.07) is 16.1. The molecule has 1 aromatic heterocycles. The molecule has 6 heteroatoms. The maximum atomic E-state index is 11.7. The van der Waals surface area contributed by atoms with Crippen molar-refractivity contribution >= 4 is 59.3 Å². The standard InChI is InChI=1S/C22H20INO3S/c1-3-18-19-14-17(27-15-16-8-6-5-7-9-16)10-11-21(19)24(28-23)20(18)12-13-22(25)26-4-2/h3,5-14H,1,4,15H2,2H3/b13-12+. The van der Waals surface area contributed by atoms with E-state index in [0.717, 1.165) is 33.5 Å². The molecule has 3 rings (SSSR count). The molecule has 0 saturated heterocycles. The number of hydrogen-bond donors (Lipinski definition) is 0. The number of carbonyl (C=O) groups excluding carboxylic acids is 1. The molecule has 0 N–H and O–H groups in total. The third-order valence-electron chi connectivity index (χ3n) is 4.16. The number of nitrogens with zero attached hydrogens (tertiary/aromatic N) is 1. The molecule has 0 atom stereocenters. The van der Waals surface area contributed by atoms with Gasteiger partial charge in [-0.15, -0.1) is 0 Å². The van der Waals surface area contributed by atoms with Crippen molar-refractivity contribution in [3.8, 4) is 5.75 Å². The van der Waals surface area contributed by atoms with Gasteiger partial charge in [0, 0.05) is 47.4 Å². The summed E-state index contributed by atoms with van der Waals surface area (Å²) in [6.07, 6.45) is 5.02. The number of aromatic nitrogens is 1. The van der Waals surface area contributed by atoms with Crippen molar-refractivity contribution in [1.82, 2.24) is 3.97 Å². The largest absolute Gasteiger partial charge is 0.489 e. The van der Waals surface area contributed by atoms with Crippen molar-refractivity contribution in [3.05, 3.63) is 78.0 Å². The molecule has 3 aromatic rings. The van der Waals surface area contributed by atoms with Gasteiger partial charge in [0.15, 0.2) is 0 Å². The fourth-order valence-corrected chi connectivity index (χ4v) is 4.64. The average Bonchev–Trinajstić information content (AvgIpc) is 3.03. The van der Waals surface area contributed by atoms with Crippen molar-refractivity contribution in [3.63, 3.8) is 0 Å². The predicted molar refractivity (Wildman–Crippen MR) is 125 cm³/mol. The molecular formula is C22H20INO3S. The van der Waals surface area contributed by atoms with Gasteiger partial charge in [-0.25, -0.2) is 4.79 Å². The van der Waals surface area contributed by atoms with Gasteiger partial charge in [-0.3, -0.25) is 3.97 Å². The van der Waals surface area contributed by atoms with Gasteiger partial charge in [-0.1, -0.05) is 43.0 Å². The molecule has 28 heavy (non-hydrogen) atoms. The Bertz CT molecular complexity index is 1010. The van der Waals surface area contributed by atoms with Gasteiger partial charge in [0.05, 0.1) is 17.8 Å². The fourth-order valence-electron chi connectivity index (χ4n) is 2.90. The van der Waals surface area contributed by atoms with Crippen LogP contribution in [0, 0.1) is 0 Å². The molecule has 2 aromatic carbocycles. The molecular weight excluding hydrogens is 485 g/mol. The van der Waals surface area contributed by atoms with E-state index < -0.39 is 0 Å². The van der Waals surface area contributed by atoms with E-state index in [1.807, 2.05) is 48.5 Å². The highest BCUT2D eigenvalue weighted by molar-refractivity contribution is 14.2. The second-order valence-electron chi connectivity index (χ2n) is 5.91. The van der Waals surface area contributed by atoms with Crippen LogP contribution in [0.1, 0.15) is 23.7 Å². The molecule has 0 unspecified atom stereocenters. The van der Waals surface area contributed by atoms with Crippen LogP contribution in [-0.2, 0) is 16.1 Å². The minimum Gasteiger partial charge on any atom is -0.489 e. The van der Waals surface area contributed by atoms with E-state index in [0.29, 0.717) is 13.2 Å². The van der Waals surface area contributed by atoms with Crippen LogP contribution >= 0.6 is 30.3 Å². The summed E-state index contributed by atoms with van der Waals surface area (Å²) in [5.74, 6) is 0.427. The zero-order chi connectivity index (χ0) is 19.9. The Morgan fingerprint density at radius 1 is 1.25 bits per heavy atom. The third kappa shape index (κ3) is 4.62. The van der Waals surface area contributed by atoms with Crippen molar-refractivity contribution in [2.24, 2.45) is 0 Å². The van der Waals surface area contributed by atoms with Crippen LogP contribution in [0.3, 0.4) is 0 Å². The van der Waals surface area contributed by atoms with Crippen LogP contribution in [-0.4, -0.2) is 16.5 Å². The molecule has 0 aliphatic carbocycles. The van der Waals surface area contributed by atoms with E-state index in [2.05, 4.69) is 31.8 Å². The van der Waals surface area contributed by atoms with E-state index in [4.69, 9.17) is 9.47 Å². The van der Waals surface area contributed by atoms with Gasteiger partial charge in [-0.2, -0.15) is 0 Å². The zero-order valence-corrected chi connectivity index (χ0v) is 18.4. The van der Waals surface area contributed by atoms with Crippen LogP contribution in [0.5, 0.6) is 5.75 Å². The Morgan fingerprint density at radius 2 is 2.04 bits per heavy atom. The summed E-state index contributed by atoms with van der Waals surface area (Å²) in [6.45, 7) is 6.61. The lowest BCUT2D eigenvalue weighted by Crippen LogP contribution is -1.99. The van der Waals surface area contributed by atoms with E-state index in [1.165, 1.54) is 15.2 Å². The van der Waals surface area contributed by atoms with Crippen LogP contribution in [0.15, 0.2) is 61.2 Å². The first-order valence-electron chi connectivity index (χ1n) is 8.79. The highest BCUT2D eigenvalue weighted by atomic mass is 127. The van der Waals surface area contributed by atoms with Crippen LogP contribution in [0.4, 0.5) is 0 Å². The molecule has 0 aliphatic heterocycles. The lowest BCUT2D eigenvalue weighted by molar-refractivity contribution is -0.137. The SMILES string of the molecule is C=Cc1c(/C=C/C(=O)OCC)n(SI)c2ccc(OCc3ccccc3)cc12. The molecule has 4 nitrogen and oxygen atoms in total. The minimum absolute atomic E-state index is 0.351. The van der Waals surface area contributed by atoms with Gasteiger partial charge >= 0.3 is 5.97 Å². The lowest BCUT2D eigenvalue weighted by Gasteiger charge is -2.07. The monoisotopic (exact) mass is 505 g/mol. The average molecular weight is 505 g/mol. The molecule has 0 bridgehead atoms. The predicted octanol–water partition coefficient (Wildman–Crippen LogP) is 6.29. The van der Waals surface area contributed by atoms with E-state index in [9.17, 15) is 4.79 Å². The topological polar surface area (TPSA) is 40.5 Å². The second kappa shape index (κ2) is 9.84. The number of halogens is 1. The number of ether oxygens (including phenoxy) is 2. The Kier molecular flexibility index (Phi) is 7.22. The smallest absolute Gasteiger partial charge is 0.330 e. The summed E-state index contributed by atoms with van der Waals surface area (Å²) < 4.78 is 13.0. The minimum atomic E-state index is -0.361. The molecule has 1 heterocycles. The molecule has 0 spiro atoms. The third-order valence-corrected chi connectivity index (χ3v) is 5.87. The summed E-state index contributed by atoms with van der Waals surface area (Å²) in [5.41, 5.74) is 3.98. The first-order chi connectivity index (χ1) is 13.7. The lowest BCUT2D eigenvalue weighted by atomic mass is 10.1. The quantitative estimate of drug-likeness (QED) is 0.205. The Labute approximate surface area is 180 Å². The first-order valence-corrected chi connectivity index (χ1v) is 12.1. The normalized spacial score (nSPS) is 11.1. The Hall–Kier alpha value is -2.19. The number of benzene rings is 2. The highest BCUT2D eigenvalue weighted by Crippen LogP contribution is 2.36. The molecule has 0 amide bonds. The summed E-state index contributed by atoms with van der Waals surface area (Å²) in [5, 5.41) is 1.02. The number of fused-ring (bicyclic) bond motifs is 1. The maximum Gasteiger partial charge on any atom is 0.330 e. The van der Waals surface area contributed by atoms with Crippen LogP contribution in [0.25, 0.3) is 23.1 Å². The summed E-state index contributed by atoms with van der Waals surface area (Å²) in [4.78, 5) is 11.7. The molecule has 0 fully saturated rings. The van der Waals surface area contributed by atoms with Gasteiger partial charge in [0.25, 0.3) is 0 Å². The Morgan fingerprint density at radius 3 is 2.71 bits per heavy atom. The maximum absolute atomic E-state index is 11.7. The highest BCUT2D eigenvalue weighted by Gasteiger charge is 2.15. The zero-order valence-electron chi connectivity index (χ0n) is 15.4. The van der Waals surface area contributed by atoms with E-state index in [-0.39, 0.29) is 5.97 Å². The first kappa shape index (κ1) is 20.5. The number of rotatable bonds is 8. The second-order valence-corrected chi connectivity index (χ2v) is 7.59. The summed E-state index contributed by atoms with van der Waals surface area (Å²) in [7, 11) is 1.54. The van der Waals surface area contributed by atoms with E-state index in [1.54, 1.807) is 19.1 Å². The number of carbonyl (C=O) groups is 1. The van der Waals surface area contributed by atoms with Crippen LogP contribution < -0.4 is 4.74 Å². The number of hydrogen-bond acceptors (Lipinski definition) is 4.